The predicted molar refractivity (Wildman–Crippen MR) is 89.2 cm³/mol. The molecule has 2 aliphatic rings. The molecule has 154 valence electrons. The average Bonchev–Trinajstić information content (AvgIpc) is 2.63. The first-order valence-electron chi connectivity index (χ1n) is 8.07. The second kappa shape index (κ2) is 7.80. The fourth-order valence-electron chi connectivity index (χ4n) is 3.25. The van der Waals surface area contributed by atoms with Gasteiger partial charge in [0.15, 0.2) is 9.84 Å². The number of ether oxygens (including phenoxy) is 1. The number of carboxylic acids is 2. The first kappa shape index (κ1) is 22.8. The van der Waals surface area contributed by atoms with Gasteiger partial charge in [0.05, 0.1) is 17.1 Å². The number of carbonyl (C=O) groups is 4. The van der Waals surface area contributed by atoms with Crippen LogP contribution in [-0.4, -0.2) is 75.6 Å². The van der Waals surface area contributed by atoms with E-state index in [1.54, 1.807) is 0 Å². The van der Waals surface area contributed by atoms with Crippen LogP contribution in [0.2, 0.25) is 0 Å². The van der Waals surface area contributed by atoms with Gasteiger partial charge in [0.1, 0.15) is 18.0 Å². The van der Waals surface area contributed by atoms with E-state index in [2.05, 4.69) is 0 Å². The molecule has 0 aromatic heterocycles. The van der Waals surface area contributed by atoms with Crippen LogP contribution in [0.4, 0.5) is 0 Å². The van der Waals surface area contributed by atoms with Crippen LogP contribution in [0.3, 0.4) is 0 Å². The molecule has 12 heteroatoms. The summed E-state index contributed by atoms with van der Waals surface area (Å²) in [5.41, 5.74) is 0. The highest BCUT2D eigenvalue weighted by Gasteiger charge is 2.68. The van der Waals surface area contributed by atoms with Crippen molar-refractivity contribution in [3.63, 3.8) is 0 Å². The molecule has 0 radical (unpaired) electrons. The standard InChI is InChI=1S/C15H21NO9S.H2O/c1-15(2)12(16-9(17)6-10(16)26(15,23)24)14(22)25-7-8(13(20)21)4-3-5-11(18)19;/h8,10,12H,3-7H2,1-2H3,(H,18,19)(H,20,21);1H2/t8?,10-,12+;/m1./s1. The molecule has 1 amide bonds. The molecule has 2 heterocycles. The van der Waals surface area contributed by atoms with Gasteiger partial charge in [-0.25, -0.2) is 13.2 Å². The number of aliphatic carboxylic acids is 2. The molecule has 4 N–H and O–H groups in total. The molecule has 27 heavy (non-hydrogen) atoms. The summed E-state index contributed by atoms with van der Waals surface area (Å²) >= 11 is 0. The van der Waals surface area contributed by atoms with Gasteiger partial charge in [-0.3, -0.25) is 14.4 Å². The van der Waals surface area contributed by atoms with Crippen LogP contribution < -0.4 is 0 Å². The first-order valence-corrected chi connectivity index (χ1v) is 9.61. The van der Waals surface area contributed by atoms with E-state index in [4.69, 9.17) is 14.9 Å². The van der Waals surface area contributed by atoms with E-state index in [1.165, 1.54) is 13.8 Å². The van der Waals surface area contributed by atoms with Crippen molar-refractivity contribution in [1.29, 1.82) is 0 Å². The highest BCUT2D eigenvalue weighted by atomic mass is 32.2. The third-order valence-corrected chi connectivity index (χ3v) is 7.72. The molecular formula is C15H23NO10S. The Balaban J connectivity index is 0.00000364. The van der Waals surface area contributed by atoms with Crippen LogP contribution in [0.5, 0.6) is 0 Å². The number of amides is 1. The molecule has 2 rings (SSSR count). The number of carbonyl (C=O) groups excluding carboxylic acids is 2. The zero-order chi connectivity index (χ0) is 19.9. The number of β-lactam (4-membered cyclic amide) rings is 1. The Morgan fingerprint density at radius 2 is 1.89 bits per heavy atom. The summed E-state index contributed by atoms with van der Waals surface area (Å²) in [7, 11) is -3.75. The minimum atomic E-state index is -3.75. The summed E-state index contributed by atoms with van der Waals surface area (Å²) in [6.45, 7) is 2.15. The van der Waals surface area contributed by atoms with Crippen LogP contribution in [0.1, 0.15) is 39.5 Å². The maximum atomic E-state index is 12.4. The quantitative estimate of drug-likeness (QED) is 0.366. The SMILES string of the molecule is CC1(C)[C@H](C(=O)OCC(CCCC(=O)O)C(=O)O)N2C(=O)C[C@H]2S1(=O)=O.O. The Hall–Kier alpha value is -2.21. The van der Waals surface area contributed by atoms with Crippen LogP contribution >= 0.6 is 0 Å². The van der Waals surface area contributed by atoms with E-state index >= 15 is 0 Å². The van der Waals surface area contributed by atoms with Crippen LogP contribution in [-0.2, 0) is 33.8 Å². The molecule has 11 nitrogen and oxygen atoms in total. The summed E-state index contributed by atoms with van der Waals surface area (Å²) in [5, 5.41) is 16.7. The third kappa shape index (κ3) is 3.90. The summed E-state index contributed by atoms with van der Waals surface area (Å²) in [4.78, 5) is 46.9. The third-order valence-electron chi connectivity index (χ3n) is 4.92. The number of esters is 1. The van der Waals surface area contributed by atoms with E-state index in [-0.39, 0.29) is 31.2 Å². The van der Waals surface area contributed by atoms with E-state index in [0.29, 0.717) is 0 Å². The zero-order valence-corrected chi connectivity index (χ0v) is 15.7. The Morgan fingerprint density at radius 1 is 1.30 bits per heavy atom. The van der Waals surface area contributed by atoms with E-state index < -0.39 is 62.3 Å². The van der Waals surface area contributed by atoms with Crippen molar-refractivity contribution in [2.45, 2.75) is 55.7 Å². The largest absolute Gasteiger partial charge is 0.481 e. The fourth-order valence-corrected chi connectivity index (χ4v) is 5.37. The lowest BCUT2D eigenvalue weighted by Gasteiger charge is -2.36. The van der Waals surface area contributed by atoms with Crippen molar-refractivity contribution >= 4 is 33.7 Å². The maximum absolute atomic E-state index is 12.4. The van der Waals surface area contributed by atoms with Crippen molar-refractivity contribution in [1.82, 2.24) is 4.90 Å². The average molecular weight is 409 g/mol. The zero-order valence-electron chi connectivity index (χ0n) is 14.9. The molecule has 2 saturated heterocycles. The van der Waals surface area contributed by atoms with Crippen molar-refractivity contribution in [3.8, 4) is 0 Å². The van der Waals surface area contributed by atoms with Gasteiger partial charge in [0.2, 0.25) is 5.91 Å². The van der Waals surface area contributed by atoms with Crippen molar-refractivity contribution < 1.29 is 48.0 Å². The van der Waals surface area contributed by atoms with Crippen molar-refractivity contribution in [2.24, 2.45) is 5.92 Å². The normalized spacial score (nSPS) is 25.6. The van der Waals surface area contributed by atoms with Gasteiger partial charge in [-0.05, 0) is 26.7 Å². The number of sulfone groups is 1. The van der Waals surface area contributed by atoms with E-state index in [0.717, 1.165) is 4.90 Å². The Morgan fingerprint density at radius 3 is 2.37 bits per heavy atom. The van der Waals surface area contributed by atoms with Gasteiger partial charge in [-0.15, -0.1) is 0 Å². The van der Waals surface area contributed by atoms with Gasteiger partial charge in [0.25, 0.3) is 0 Å². The van der Waals surface area contributed by atoms with Gasteiger partial charge >= 0.3 is 17.9 Å². The molecule has 0 spiro atoms. The number of hydrogen-bond donors (Lipinski definition) is 2. The number of rotatable bonds is 8. The molecule has 0 bridgehead atoms. The second-order valence-electron chi connectivity index (χ2n) is 6.96. The summed E-state index contributed by atoms with van der Waals surface area (Å²) in [6.07, 6.45) is -0.301. The minimum absolute atomic E-state index is 0. The summed E-state index contributed by atoms with van der Waals surface area (Å²) in [6, 6.07) is -1.33. The lowest BCUT2D eigenvalue weighted by molar-refractivity contribution is -0.164. The molecule has 2 aliphatic heterocycles. The Labute approximate surface area is 155 Å². The lowest BCUT2D eigenvalue weighted by Crippen LogP contribution is -2.57. The monoisotopic (exact) mass is 409 g/mol. The smallest absolute Gasteiger partial charge is 0.330 e. The first-order chi connectivity index (χ1) is 11.9. The number of fused-ring (bicyclic) bond motifs is 1. The van der Waals surface area contributed by atoms with Crippen LogP contribution in [0, 0.1) is 5.92 Å². The molecular weight excluding hydrogens is 386 g/mol. The van der Waals surface area contributed by atoms with Crippen LogP contribution in [0.15, 0.2) is 0 Å². The molecule has 1 unspecified atom stereocenters. The fraction of sp³-hybridized carbons (Fsp3) is 0.733. The molecule has 0 aliphatic carbocycles. The highest BCUT2D eigenvalue weighted by molar-refractivity contribution is 7.93. The maximum Gasteiger partial charge on any atom is 0.330 e. The van der Waals surface area contributed by atoms with Gasteiger partial charge < -0.3 is 25.3 Å². The van der Waals surface area contributed by atoms with Gasteiger partial charge in [-0.1, -0.05) is 0 Å². The molecule has 0 saturated carbocycles. The molecule has 0 aromatic rings. The van der Waals surface area contributed by atoms with Gasteiger partial charge in [0, 0.05) is 6.42 Å². The summed E-state index contributed by atoms with van der Waals surface area (Å²) < 4.78 is 28.3. The van der Waals surface area contributed by atoms with Crippen molar-refractivity contribution in [3.05, 3.63) is 0 Å². The number of carboxylic acid groups (broad SMARTS) is 2. The molecule has 0 aromatic carbocycles. The molecule has 3 atom stereocenters. The minimum Gasteiger partial charge on any atom is -0.481 e. The van der Waals surface area contributed by atoms with E-state index in [9.17, 15) is 27.6 Å². The van der Waals surface area contributed by atoms with Gasteiger partial charge in [-0.2, -0.15) is 0 Å². The predicted octanol–water partition coefficient (Wildman–Crippen LogP) is -1.21. The van der Waals surface area contributed by atoms with E-state index in [1.807, 2.05) is 0 Å². The molecule has 2 fully saturated rings. The Kier molecular flexibility index (Phi) is 6.60. The number of hydrogen-bond acceptors (Lipinski definition) is 7. The highest BCUT2D eigenvalue weighted by Crippen LogP contribution is 2.46. The van der Waals surface area contributed by atoms with Crippen LogP contribution in [0.25, 0.3) is 0 Å². The topological polar surface area (TPSA) is 187 Å². The Bertz CT molecular complexity index is 744. The van der Waals surface area contributed by atoms with Crippen molar-refractivity contribution in [2.75, 3.05) is 6.61 Å². The second-order valence-corrected chi connectivity index (χ2v) is 9.65. The summed E-state index contributed by atoms with van der Waals surface area (Å²) in [5.74, 6) is -4.87. The lowest BCUT2D eigenvalue weighted by atomic mass is 9.98. The number of nitrogens with zero attached hydrogens (tertiary/aromatic N) is 1.